The van der Waals surface area contributed by atoms with Crippen LogP contribution < -0.4 is 5.32 Å². The number of carbonyl (C=O) groups excluding carboxylic acids is 1. The average Bonchev–Trinajstić information content (AvgIpc) is 2.36. The van der Waals surface area contributed by atoms with Crippen molar-refractivity contribution in [3.8, 4) is 0 Å². The van der Waals surface area contributed by atoms with Crippen LogP contribution in [0.5, 0.6) is 0 Å². The molecule has 2 atom stereocenters. The molecule has 1 saturated heterocycles. The predicted octanol–water partition coefficient (Wildman–Crippen LogP) is 0.796. The lowest BCUT2D eigenvalue weighted by molar-refractivity contribution is -0.137. The smallest absolute Gasteiger partial charge is 0.317 e. The van der Waals surface area contributed by atoms with Gasteiger partial charge < -0.3 is 20.4 Å². The van der Waals surface area contributed by atoms with Crippen LogP contribution in [0.4, 0.5) is 4.79 Å². The Hall–Kier alpha value is -1.30. The normalized spacial score (nSPS) is 21.4. The van der Waals surface area contributed by atoms with E-state index in [9.17, 15) is 14.7 Å². The Kier molecular flexibility index (Phi) is 5.91. The zero-order valence-corrected chi connectivity index (χ0v) is 10.8. The number of nitrogens with one attached hydrogen (secondary N) is 1. The van der Waals surface area contributed by atoms with Gasteiger partial charge in [-0.3, -0.25) is 4.79 Å². The van der Waals surface area contributed by atoms with E-state index in [0.29, 0.717) is 13.0 Å². The molecule has 0 aromatic rings. The van der Waals surface area contributed by atoms with Gasteiger partial charge in [-0.05, 0) is 32.6 Å². The summed E-state index contributed by atoms with van der Waals surface area (Å²) in [5, 5.41) is 20.6. The van der Waals surface area contributed by atoms with Crippen molar-refractivity contribution in [2.45, 2.75) is 51.1 Å². The van der Waals surface area contributed by atoms with E-state index in [0.717, 1.165) is 19.3 Å². The van der Waals surface area contributed by atoms with Crippen LogP contribution in [-0.2, 0) is 4.79 Å². The minimum atomic E-state index is -0.859. The summed E-state index contributed by atoms with van der Waals surface area (Å²) in [6.45, 7) is 2.43. The van der Waals surface area contributed by atoms with E-state index in [1.807, 2.05) is 0 Å². The van der Waals surface area contributed by atoms with Gasteiger partial charge in [-0.15, -0.1) is 0 Å². The highest BCUT2D eigenvalue weighted by atomic mass is 16.4. The highest BCUT2D eigenvalue weighted by molar-refractivity contribution is 5.75. The largest absolute Gasteiger partial charge is 0.481 e. The van der Waals surface area contributed by atoms with Crippen LogP contribution in [0.25, 0.3) is 0 Å². The van der Waals surface area contributed by atoms with Gasteiger partial charge in [0.2, 0.25) is 0 Å². The molecule has 6 heteroatoms. The van der Waals surface area contributed by atoms with Gasteiger partial charge in [-0.25, -0.2) is 4.79 Å². The van der Waals surface area contributed by atoms with Crippen LogP contribution in [-0.4, -0.2) is 52.3 Å². The highest BCUT2D eigenvalue weighted by Crippen LogP contribution is 2.16. The zero-order chi connectivity index (χ0) is 13.5. The van der Waals surface area contributed by atoms with Gasteiger partial charge in [0.15, 0.2) is 0 Å². The third-order valence-corrected chi connectivity index (χ3v) is 3.26. The van der Waals surface area contributed by atoms with E-state index in [4.69, 9.17) is 5.11 Å². The summed E-state index contributed by atoms with van der Waals surface area (Å²) in [6.07, 6.45) is 3.27. The quantitative estimate of drug-likeness (QED) is 0.680. The maximum absolute atomic E-state index is 12.0. The van der Waals surface area contributed by atoms with E-state index in [1.54, 1.807) is 11.8 Å². The first kappa shape index (κ1) is 14.8. The summed E-state index contributed by atoms with van der Waals surface area (Å²) < 4.78 is 0. The third kappa shape index (κ3) is 4.52. The first-order chi connectivity index (χ1) is 8.54. The van der Waals surface area contributed by atoms with E-state index in [1.165, 1.54) is 0 Å². The first-order valence-electron chi connectivity index (χ1n) is 6.44. The van der Waals surface area contributed by atoms with Crippen molar-refractivity contribution in [2.24, 2.45) is 0 Å². The number of hydrogen-bond acceptors (Lipinski definition) is 3. The number of aliphatic carboxylic acids is 1. The third-order valence-electron chi connectivity index (χ3n) is 3.26. The minimum absolute atomic E-state index is 0.0169. The molecule has 2 unspecified atom stereocenters. The van der Waals surface area contributed by atoms with Gasteiger partial charge >= 0.3 is 12.0 Å². The SMILES string of the molecule is CC(CCC(=O)O)NC(=O)N1CCCCC1CO. The minimum Gasteiger partial charge on any atom is -0.481 e. The number of amides is 2. The lowest BCUT2D eigenvalue weighted by Crippen LogP contribution is -2.52. The van der Waals surface area contributed by atoms with Crippen LogP contribution in [0.15, 0.2) is 0 Å². The molecule has 2 amide bonds. The molecule has 0 aromatic heterocycles. The standard InChI is InChI=1S/C12H22N2O4/c1-9(5-6-11(16)17)13-12(18)14-7-3-2-4-10(14)8-15/h9-10,15H,2-8H2,1H3,(H,13,18)(H,16,17). The topological polar surface area (TPSA) is 89.9 Å². The zero-order valence-electron chi connectivity index (χ0n) is 10.8. The molecule has 0 bridgehead atoms. The average molecular weight is 258 g/mol. The Morgan fingerprint density at radius 1 is 1.44 bits per heavy atom. The van der Waals surface area contributed by atoms with Crippen LogP contribution in [0, 0.1) is 0 Å². The number of aliphatic hydroxyl groups excluding tert-OH is 1. The molecule has 0 radical (unpaired) electrons. The van der Waals surface area contributed by atoms with Crippen LogP contribution in [0.1, 0.15) is 39.0 Å². The predicted molar refractivity (Wildman–Crippen MR) is 66.3 cm³/mol. The summed E-state index contributed by atoms with van der Waals surface area (Å²) in [7, 11) is 0. The van der Waals surface area contributed by atoms with Gasteiger partial charge in [0.1, 0.15) is 0 Å². The summed E-state index contributed by atoms with van der Waals surface area (Å²) in [5.74, 6) is -0.859. The Labute approximate surface area is 107 Å². The van der Waals surface area contributed by atoms with Gasteiger partial charge in [0.25, 0.3) is 0 Å². The molecule has 0 aliphatic carbocycles. The number of carboxylic acid groups (broad SMARTS) is 1. The van der Waals surface area contributed by atoms with E-state index < -0.39 is 5.97 Å². The molecule has 18 heavy (non-hydrogen) atoms. The van der Waals surface area contributed by atoms with E-state index in [-0.39, 0.29) is 31.1 Å². The maximum atomic E-state index is 12.0. The van der Waals surface area contributed by atoms with Crippen molar-refractivity contribution in [2.75, 3.05) is 13.2 Å². The summed E-state index contributed by atoms with van der Waals surface area (Å²) in [4.78, 5) is 24.1. The van der Waals surface area contributed by atoms with Gasteiger partial charge in [-0.2, -0.15) is 0 Å². The second kappa shape index (κ2) is 7.20. The Morgan fingerprint density at radius 3 is 2.78 bits per heavy atom. The number of piperidine rings is 1. The van der Waals surface area contributed by atoms with E-state index in [2.05, 4.69) is 5.32 Å². The van der Waals surface area contributed by atoms with Crippen molar-refractivity contribution in [1.29, 1.82) is 0 Å². The number of carbonyl (C=O) groups is 2. The monoisotopic (exact) mass is 258 g/mol. The van der Waals surface area contributed by atoms with Crippen LogP contribution in [0.3, 0.4) is 0 Å². The molecule has 104 valence electrons. The molecule has 1 aliphatic heterocycles. The molecule has 1 fully saturated rings. The van der Waals surface area contributed by atoms with Crippen molar-refractivity contribution in [3.63, 3.8) is 0 Å². The Balaban J connectivity index is 2.40. The fourth-order valence-electron chi connectivity index (χ4n) is 2.16. The Bertz CT molecular complexity index is 296. The lowest BCUT2D eigenvalue weighted by Gasteiger charge is -2.35. The molecule has 6 nitrogen and oxygen atoms in total. The summed E-state index contributed by atoms with van der Waals surface area (Å²) >= 11 is 0. The number of rotatable bonds is 5. The summed E-state index contributed by atoms with van der Waals surface area (Å²) in [6, 6.07) is -0.480. The Morgan fingerprint density at radius 2 is 2.17 bits per heavy atom. The van der Waals surface area contributed by atoms with Crippen molar-refractivity contribution < 1.29 is 19.8 Å². The summed E-state index contributed by atoms with van der Waals surface area (Å²) in [5.41, 5.74) is 0. The molecular formula is C12H22N2O4. The second-order valence-electron chi connectivity index (χ2n) is 4.81. The molecule has 3 N–H and O–H groups in total. The second-order valence-corrected chi connectivity index (χ2v) is 4.81. The number of carboxylic acids is 1. The number of likely N-dealkylation sites (tertiary alicyclic amines) is 1. The number of aliphatic hydroxyl groups is 1. The molecule has 1 heterocycles. The van der Waals surface area contributed by atoms with Crippen LogP contribution in [0.2, 0.25) is 0 Å². The van der Waals surface area contributed by atoms with Crippen molar-refractivity contribution >= 4 is 12.0 Å². The highest BCUT2D eigenvalue weighted by Gasteiger charge is 2.26. The van der Waals surface area contributed by atoms with E-state index >= 15 is 0 Å². The fourth-order valence-corrected chi connectivity index (χ4v) is 2.16. The first-order valence-corrected chi connectivity index (χ1v) is 6.44. The molecular weight excluding hydrogens is 236 g/mol. The number of hydrogen-bond donors (Lipinski definition) is 3. The van der Waals surface area contributed by atoms with Crippen molar-refractivity contribution in [3.05, 3.63) is 0 Å². The number of urea groups is 1. The molecule has 0 saturated carbocycles. The maximum Gasteiger partial charge on any atom is 0.317 e. The lowest BCUT2D eigenvalue weighted by atomic mass is 10.0. The molecule has 0 aromatic carbocycles. The van der Waals surface area contributed by atoms with Gasteiger partial charge in [-0.1, -0.05) is 0 Å². The molecule has 0 spiro atoms. The molecule has 1 aliphatic rings. The van der Waals surface area contributed by atoms with Crippen LogP contribution >= 0.6 is 0 Å². The van der Waals surface area contributed by atoms with Gasteiger partial charge in [0.05, 0.1) is 12.6 Å². The number of nitrogens with zero attached hydrogens (tertiary/aromatic N) is 1. The van der Waals surface area contributed by atoms with Gasteiger partial charge in [0, 0.05) is 19.0 Å². The molecule has 1 rings (SSSR count). The fraction of sp³-hybridized carbons (Fsp3) is 0.833. The van der Waals surface area contributed by atoms with Crippen molar-refractivity contribution in [1.82, 2.24) is 10.2 Å².